The Balaban J connectivity index is 4.22. The van der Waals surface area contributed by atoms with Crippen LogP contribution in [-0.4, -0.2) is 62.4 Å². The Kier molecular flexibility index (Phi) is 5.51. The van der Waals surface area contributed by atoms with Gasteiger partial charge in [0.05, 0.1) is 5.54 Å². The fourth-order valence-electron chi connectivity index (χ4n) is 1.10. The number of ketones is 1. The van der Waals surface area contributed by atoms with Crippen molar-refractivity contribution in [1.82, 2.24) is 9.80 Å². The zero-order valence-electron chi connectivity index (χ0n) is 11.0. The van der Waals surface area contributed by atoms with Crippen LogP contribution in [0, 0.1) is 0 Å². The Morgan fingerprint density at radius 3 is 2.12 bits per heavy atom. The van der Waals surface area contributed by atoms with Gasteiger partial charge in [-0.2, -0.15) is 0 Å². The lowest BCUT2D eigenvalue weighted by Crippen LogP contribution is -2.49. The fraction of sp³-hybridized carbons (Fsp3) is 0.800. The highest BCUT2D eigenvalue weighted by Gasteiger charge is 2.28. The zero-order chi connectivity index (χ0) is 12.9. The van der Waals surface area contributed by atoms with Gasteiger partial charge in [-0.1, -0.05) is 0 Å². The molecule has 92 valence electrons. The summed E-state index contributed by atoms with van der Waals surface area (Å²) in [5.41, 5.74) is -0.503. The number of hydrogen-bond acceptors (Lipinski definition) is 4. The third-order valence-electron chi connectivity index (χ3n) is 3.07. The molecule has 0 atom stereocenters. The Labute approximate surface area is 98.2 Å². The first kappa shape index (κ1) is 15.0. The highest BCUT2D eigenvalue weighted by Crippen LogP contribution is 2.12. The van der Waals surface area contributed by atoms with Crippen molar-refractivity contribution in [3.8, 4) is 0 Å². The first-order valence-electron chi connectivity index (χ1n) is 5.24. The van der Waals surface area contributed by atoms with E-state index >= 15 is 0 Å². The number of rotatable bonds is 5. The van der Waals surface area contributed by atoms with Crippen LogP contribution < -0.4 is 0 Å². The molecule has 0 rings (SSSR count). The van der Waals surface area contributed by atoms with Gasteiger partial charge in [0.1, 0.15) is 5.78 Å². The molecule has 0 spiro atoms. The number of Topliss-reactive ketones (excluding diaryl/α,β-unsaturated/α-hetero) is 1. The fourth-order valence-corrected chi connectivity index (χ4v) is 1.10. The summed E-state index contributed by atoms with van der Waals surface area (Å²) in [6, 6.07) is 0. The lowest BCUT2D eigenvalue weighted by molar-refractivity contribution is -0.126. The van der Waals surface area contributed by atoms with Crippen molar-refractivity contribution in [2.24, 2.45) is 0 Å². The molecule has 0 aliphatic heterocycles. The maximum absolute atomic E-state index is 11.4. The summed E-state index contributed by atoms with van der Waals surface area (Å²) in [6.07, 6.45) is -0.367. The maximum Gasteiger partial charge on any atom is 0.391 e. The third kappa shape index (κ3) is 3.85. The summed E-state index contributed by atoms with van der Waals surface area (Å²) in [5.74, 6) is 0.107. The van der Waals surface area contributed by atoms with E-state index in [2.05, 4.69) is 4.65 Å². The number of likely N-dealkylation sites (N-methyl/N-ethyl adjacent to an activating group) is 2. The second-order valence-corrected chi connectivity index (χ2v) is 4.43. The predicted molar refractivity (Wildman–Crippen MR) is 65.0 cm³/mol. The van der Waals surface area contributed by atoms with E-state index in [-0.39, 0.29) is 11.9 Å². The van der Waals surface area contributed by atoms with Crippen LogP contribution in [0.5, 0.6) is 0 Å². The maximum atomic E-state index is 11.4. The van der Waals surface area contributed by atoms with E-state index in [4.69, 9.17) is 0 Å². The molecule has 0 aliphatic rings. The molecule has 0 aliphatic carbocycles. The molecule has 0 saturated carbocycles. The highest BCUT2D eigenvalue weighted by atomic mass is 16.5. The topological polar surface area (TPSA) is 49.9 Å². The van der Waals surface area contributed by atoms with E-state index in [1.165, 1.54) is 12.9 Å². The van der Waals surface area contributed by atoms with Gasteiger partial charge in [0.15, 0.2) is 0 Å². The van der Waals surface area contributed by atoms with Crippen LogP contribution in [0.3, 0.4) is 0 Å². The molecule has 6 heteroatoms. The van der Waals surface area contributed by atoms with E-state index in [1.54, 1.807) is 14.0 Å². The van der Waals surface area contributed by atoms with E-state index in [1.807, 2.05) is 25.8 Å². The van der Waals surface area contributed by atoms with Crippen LogP contribution in [0.15, 0.2) is 0 Å². The second kappa shape index (κ2) is 5.89. The first-order valence-corrected chi connectivity index (χ1v) is 5.24. The minimum Gasteiger partial charge on any atom is -0.528 e. The van der Waals surface area contributed by atoms with E-state index in [9.17, 15) is 9.59 Å². The molecule has 1 amide bonds. The molecule has 0 aromatic heterocycles. The van der Waals surface area contributed by atoms with Crippen LogP contribution >= 0.6 is 0 Å². The molecule has 0 radical (unpaired) electrons. The lowest BCUT2D eigenvalue weighted by Gasteiger charge is -2.34. The van der Waals surface area contributed by atoms with Gasteiger partial charge in [-0.05, 0) is 27.8 Å². The molecular weight excluding hydrogens is 207 g/mol. The number of carbonyl (C=O) groups excluding carboxylic acids is 2. The molecular formula is C10H21BN2O3. The smallest absolute Gasteiger partial charge is 0.391 e. The molecule has 0 aromatic rings. The summed E-state index contributed by atoms with van der Waals surface area (Å²) < 4.78 is 4.58. The van der Waals surface area contributed by atoms with Gasteiger partial charge in [0.25, 0.3) is 0 Å². The van der Waals surface area contributed by atoms with Crippen molar-refractivity contribution >= 4 is 19.9 Å². The molecule has 16 heavy (non-hydrogen) atoms. The van der Waals surface area contributed by atoms with Crippen molar-refractivity contribution in [1.29, 1.82) is 0 Å². The van der Waals surface area contributed by atoms with Gasteiger partial charge >= 0.3 is 14.1 Å². The Bertz CT molecular complexity index is 269. The van der Waals surface area contributed by atoms with Crippen LogP contribution in [-0.2, 0) is 9.45 Å². The van der Waals surface area contributed by atoms with Crippen molar-refractivity contribution in [2.75, 3.05) is 27.2 Å². The lowest BCUT2D eigenvalue weighted by atomic mass is 9.98. The minimum atomic E-state index is -0.503. The van der Waals surface area contributed by atoms with E-state index < -0.39 is 5.54 Å². The monoisotopic (exact) mass is 228 g/mol. The summed E-state index contributed by atoms with van der Waals surface area (Å²) in [4.78, 5) is 25.9. The first-order chi connectivity index (χ1) is 7.23. The Morgan fingerprint density at radius 1 is 1.25 bits per heavy atom. The van der Waals surface area contributed by atoms with Crippen molar-refractivity contribution < 1.29 is 14.2 Å². The molecule has 5 nitrogen and oxygen atoms in total. The number of nitrogens with zero attached hydrogens (tertiary/aromatic N) is 2. The van der Waals surface area contributed by atoms with E-state index in [0.29, 0.717) is 13.1 Å². The largest absolute Gasteiger partial charge is 0.528 e. The number of amides is 1. The van der Waals surface area contributed by atoms with Gasteiger partial charge in [0.2, 0.25) is 0 Å². The van der Waals surface area contributed by atoms with Crippen molar-refractivity contribution in [3.05, 3.63) is 0 Å². The molecule has 0 bridgehead atoms. The summed E-state index contributed by atoms with van der Waals surface area (Å²) in [6.45, 7) is 6.46. The molecule has 0 heterocycles. The predicted octanol–water partition coefficient (Wildman–Crippen LogP) is -0.0977. The molecule has 0 saturated heterocycles. The quantitative estimate of drug-likeness (QED) is 0.616. The van der Waals surface area contributed by atoms with Crippen molar-refractivity contribution in [3.63, 3.8) is 0 Å². The molecule has 0 fully saturated rings. The van der Waals surface area contributed by atoms with Crippen molar-refractivity contribution in [2.45, 2.75) is 26.3 Å². The molecule has 0 unspecified atom stereocenters. The minimum absolute atomic E-state index is 0.107. The van der Waals surface area contributed by atoms with Crippen LogP contribution in [0.1, 0.15) is 20.8 Å². The average Bonchev–Trinajstić information content (AvgIpc) is 2.23. The number of carbonyl (C=O) groups is 2. The molecule has 0 N–H and O–H groups in total. The van der Waals surface area contributed by atoms with Gasteiger partial charge in [0, 0.05) is 20.1 Å². The second-order valence-electron chi connectivity index (χ2n) is 4.43. The van der Waals surface area contributed by atoms with Crippen LogP contribution in [0.4, 0.5) is 4.79 Å². The average molecular weight is 228 g/mol. The van der Waals surface area contributed by atoms with Crippen LogP contribution in [0.2, 0.25) is 0 Å². The zero-order valence-corrected chi connectivity index (χ0v) is 11.0. The standard InChI is InChI=1S/C10H21BN2O3/c1-8(14)10(2,3)13(5)7-6-12(4)9(15)16-11/h6-7,11H2,1-5H3. The summed E-state index contributed by atoms with van der Waals surface area (Å²) >= 11 is 0. The van der Waals surface area contributed by atoms with Gasteiger partial charge < -0.3 is 9.55 Å². The van der Waals surface area contributed by atoms with Gasteiger partial charge in [-0.3, -0.25) is 9.69 Å². The van der Waals surface area contributed by atoms with Gasteiger partial charge in [-0.25, -0.2) is 4.79 Å². The Morgan fingerprint density at radius 2 is 1.75 bits per heavy atom. The number of hydrogen-bond donors (Lipinski definition) is 0. The molecule has 0 aromatic carbocycles. The SMILES string of the molecule is BOC(=O)N(C)CCN(C)C(C)(C)C(C)=O. The Hall–Kier alpha value is -1.04. The normalized spacial score (nSPS) is 11.4. The third-order valence-corrected chi connectivity index (χ3v) is 3.07. The van der Waals surface area contributed by atoms with E-state index in [0.717, 1.165) is 0 Å². The summed E-state index contributed by atoms with van der Waals surface area (Å²) in [5, 5.41) is 0. The van der Waals surface area contributed by atoms with Gasteiger partial charge in [-0.15, -0.1) is 0 Å². The highest BCUT2D eigenvalue weighted by molar-refractivity contribution is 6.04. The summed E-state index contributed by atoms with van der Waals surface area (Å²) in [7, 11) is 4.88. The van der Waals surface area contributed by atoms with Crippen LogP contribution in [0.25, 0.3) is 0 Å².